The lowest BCUT2D eigenvalue weighted by molar-refractivity contribution is 0.549. The van der Waals surface area contributed by atoms with Gasteiger partial charge in [0.1, 0.15) is 5.82 Å². The SMILES string of the molecule is CCc1cc(C(N)Cc2c(F)cccc2Cl)n(CC)n1. The number of nitrogens with zero attached hydrogens (tertiary/aromatic N) is 2. The Hall–Kier alpha value is -1.39. The third-order valence-corrected chi connectivity index (χ3v) is 3.74. The normalized spacial score (nSPS) is 12.7. The summed E-state index contributed by atoms with van der Waals surface area (Å²) in [4.78, 5) is 0. The molecule has 0 radical (unpaired) electrons. The van der Waals surface area contributed by atoms with E-state index in [0.717, 1.165) is 24.4 Å². The minimum Gasteiger partial charge on any atom is -0.322 e. The molecule has 0 aliphatic rings. The first-order valence-corrected chi connectivity index (χ1v) is 7.19. The van der Waals surface area contributed by atoms with Crippen molar-refractivity contribution < 1.29 is 4.39 Å². The maximum Gasteiger partial charge on any atom is 0.127 e. The van der Waals surface area contributed by atoms with Crippen LogP contribution in [0.4, 0.5) is 4.39 Å². The first-order valence-electron chi connectivity index (χ1n) is 6.81. The summed E-state index contributed by atoms with van der Waals surface area (Å²) in [6.45, 7) is 4.80. The van der Waals surface area contributed by atoms with Crippen molar-refractivity contribution >= 4 is 11.6 Å². The van der Waals surface area contributed by atoms with E-state index in [1.165, 1.54) is 6.07 Å². The van der Waals surface area contributed by atoms with Crippen molar-refractivity contribution in [3.63, 3.8) is 0 Å². The van der Waals surface area contributed by atoms with Crippen LogP contribution < -0.4 is 5.73 Å². The predicted octanol–water partition coefficient (Wildman–Crippen LogP) is 3.50. The van der Waals surface area contributed by atoms with E-state index in [1.54, 1.807) is 12.1 Å². The zero-order valence-electron chi connectivity index (χ0n) is 11.7. The molecule has 108 valence electrons. The summed E-state index contributed by atoms with van der Waals surface area (Å²) in [7, 11) is 0. The molecule has 0 aliphatic carbocycles. The molecular formula is C15H19ClFN3. The number of rotatable bonds is 5. The molecule has 5 heteroatoms. The van der Waals surface area contributed by atoms with Crippen molar-refractivity contribution in [3.8, 4) is 0 Å². The van der Waals surface area contributed by atoms with E-state index >= 15 is 0 Å². The van der Waals surface area contributed by atoms with Crippen LogP contribution in [0.5, 0.6) is 0 Å². The maximum absolute atomic E-state index is 13.8. The minimum absolute atomic E-state index is 0.314. The molecule has 2 rings (SSSR count). The van der Waals surface area contributed by atoms with Crippen LogP contribution in [-0.4, -0.2) is 9.78 Å². The fourth-order valence-corrected chi connectivity index (χ4v) is 2.50. The van der Waals surface area contributed by atoms with Crippen LogP contribution in [0.1, 0.15) is 36.8 Å². The van der Waals surface area contributed by atoms with Crippen LogP contribution >= 0.6 is 11.6 Å². The standard InChI is InChI=1S/C15H19ClFN3/c1-3-10-8-15(20(4-2)19-10)14(18)9-11-12(16)6-5-7-13(11)17/h5-8,14H,3-4,9,18H2,1-2H3. The van der Waals surface area contributed by atoms with Crippen LogP contribution in [0.3, 0.4) is 0 Å². The lowest BCUT2D eigenvalue weighted by atomic mass is 10.0. The van der Waals surface area contributed by atoms with Gasteiger partial charge < -0.3 is 5.73 Å². The van der Waals surface area contributed by atoms with Gasteiger partial charge >= 0.3 is 0 Å². The monoisotopic (exact) mass is 295 g/mol. The van der Waals surface area contributed by atoms with Crippen molar-refractivity contribution in [1.82, 2.24) is 9.78 Å². The van der Waals surface area contributed by atoms with Gasteiger partial charge in [0.2, 0.25) is 0 Å². The lowest BCUT2D eigenvalue weighted by Gasteiger charge is -2.14. The molecule has 0 aliphatic heterocycles. The molecule has 0 spiro atoms. The molecule has 2 N–H and O–H groups in total. The van der Waals surface area contributed by atoms with E-state index in [9.17, 15) is 4.39 Å². The van der Waals surface area contributed by atoms with Gasteiger partial charge in [-0.1, -0.05) is 24.6 Å². The van der Waals surface area contributed by atoms with E-state index in [-0.39, 0.29) is 11.9 Å². The molecule has 2 aromatic rings. The molecular weight excluding hydrogens is 277 g/mol. The van der Waals surface area contributed by atoms with Crippen molar-refractivity contribution in [3.05, 3.63) is 52.1 Å². The fraction of sp³-hybridized carbons (Fsp3) is 0.400. The Morgan fingerprint density at radius 1 is 1.40 bits per heavy atom. The van der Waals surface area contributed by atoms with Crippen molar-refractivity contribution in [1.29, 1.82) is 0 Å². The largest absolute Gasteiger partial charge is 0.322 e. The van der Waals surface area contributed by atoms with Gasteiger partial charge in [0.05, 0.1) is 17.4 Å². The maximum atomic E-state index is 13.8. The number of hydrogen-bond acceptors (Lipinski definition) is 2. The number of nitrogens with two attached hydrogens (primary N) is 1. The Labute approximate surface area is 123 Å². The zero-order chi connectivity index (χ0) is 14.7. The van der Waals surface area contributed by atoms with Crippen molar-refractivity contribution in [2.24, 2.45) is 5.73 Å². The fourth-order valence-electron chi connectivity index (χ4n) is 2.26. The summed E-state index contributed by atoms with van der Waals surface area (Å²) in [5.41, 5.74) is 8.60. The molecule has 1 aromatic carbocycles. The smallest absolute Gasteiger partial charge is 0.127 e. The average molecular weight is 296 g/mol. The second-order valence-corrected chi connectivity index (χ2v) is 5.15. The van der Waals surface area contributed by atoms with Crippen LogP contribution in [-0.2, 0) is 19.4 Å². The number of aryl methyl sites for hydroxylation is 2. The van der Waals surface area contributed by atoms with Gasteiger partial charge in [-0.2, -0.15) is 5.10 Å². The topological polar surface area (TPSA) is 43.8 Å². The number of benzene rings is 1. The summed E-state index contributed by atoms with van der Waals surface area (Å²) in [6.07, 6.45) is 1.22. The molecule has 1 aromatic heterocycles. The van der Waals surface area contributed by atoms with Gasteiger partial charge in [0.15, 0.2) is 0 Å². The second-order valence-electron chi connectivity index (χ2n) is 4.74. The van der Waals surface area contributed by atoms with Gasteiger partial charge in [-0.05, 0) is 38.0 Å². The van der Waals surface area contributed by atoms with Gasteiger partial charge in [-0.15, -0.1) is 0 Å². The van der Waals surface area contributed by atoms with E-state index in [0.29, 0.717) is 17.0 Å². The van der Waals surface area contributed by atoms with Crippen LogP contribution in [0.25, 0.3) is 0 Å². The van der Waals surface area contributed by atoms with Crippen LogP contribution in [0, 0.1) is 5.82 Å². The Kier molecular flexibility index (Phi) is 4.78. The molecule has 0 saturated carbocycles. The second kappa shape index (κ2) is 6.37. The highest BCUT2D eigenvalue weighted by molar-refractivity contribution is 6.31. The molecule has 0 bridgehead atoms. The lowest BCUT2D eigenvalue weighted by Crippen LogP contribution is -2.19. The van der Waals surface area contributed by atoms with Crippen molar-refractivity contribution in [2.45, 2.75) is 39.3 Å². The van der Waals surface area contributed by atoms with Crippen LogP contribution in [0.15, 0.2) is 24.3 Å². The van der Waals surface area contributed by atoms with Gasteiger partial charge in [-0.25, -0.2) is 4.39 Å². The highest BCUT2D eigenvalue weighted by Gasteiger charge is 2.17. The average Bonchev–Trinajstić information content (AvgIpc) is 2.86. The van der Waals surface area contributed by atoms with Crippen molar-refractivity contribution in [2.75, 3.05) is 0 Å². The third-order valence-electron chi connectivity index (χ3n) is 3.39. The molecule has 1 unspecified atom stereocenters. The van der Waals surface area contributed by atoms with Gasteiger partial charge in [0.25, 0.3) is 0 Å². The Bertz CT molecular complexity index is 575. The van der Waals surface area contributed by atoms with E-state index in [2.05, 4.69) is 5.10 Å². The van der Waals surface area contributed by atoms with E-state index in [4.69, 9.17) is 17.3 Å². The molecule has 0 saturated heterocycles. The summed E-state index contributed by atoms with van der Waals surface area (Å²) in [5, 5.41) is 4.88. The number of aromatic nitrogens is 2. The Balaban J connectivity index is 2.28. The molecule has 0 amide bonds. The predicted molar refractivity (Wildman–Crippen MR) is 79.3 cm³/mol. The third kappa shape index (κ3) is 3.02. The highest BCUT2D eigenvalue weighted by Crippen LogP contribution is 2.25. The van der Waals surface area contributed by atoms with E-state index in [1.807, 2.05) is 24.6 Å². The van der Waals surface area contributed by atoms with Crippen LogP contribution in [0.2, 0.25) is 5.02 Å². The number of hydrogen-bond donors (Lipinski definition) is 1. The summed E-state index contributed by atoms with van der Waals surface area (Å²) < 4.78 is 15.7. The molecule has 3 nitrogen and oxygen atoms in total. The minimum atomic E-state index is -0.322. The molecule has 0 fully saturated rings. The quantitative estimate of drug-likeness (QED) is 0.917. The zero-order valence-corrected chi connectivity index (χ0v) is 12.5. The summed E-state index contributed by atoms with van der Waals surface area (Å²) >= 11 is 6.05. The Morgan fingerprint density at radius 3 is 2.75 bits per heavy atom. The number of halogens is 2. The Morgan fingerprint density at radius 2 is 2.15 bits per heavy atom. The molecule has 20 heavy (non-hydrogen) atoms. The summed E-state index contributed by atoms with van der Waals surface area (Å²) in [5.74, 6) is -0.314. The van der Waals surface area contributed by atoms with Gasteiger partial charge in [0, 0.05) is 17.1 Å². The summed E-state index contributed by atoms with van der Waals surface area (Å²) in [6, 6.07) is 6.35. The van der Waals surface area contributed by atoms with E-state index < -0.39 is 0 Å². The first kappa shape index (κ1) is 15.0. The highest BCUT2D eigenvalue weighted by atomic mass is 35.5. The first-order chi connectivity index (χ1) is 9.56. The van der Waals surface area contributed by atoms with Gasteiger partial charge in [-0.3, -0.25) is 4.68 Å². The molecule has 1 heterocycles. The molecule has 1 atom stereocenters.